The zero-order chi connectivity index (χ0) is 20.8. The number of rotatable bonds is 1. The number of halogens is 3. The highest BCUT2D eigenvalue weighted by atomic mass is 19.4. The zero-order valence-corrected chi connectivity index (χ0v) is 15.3. The molecule has 0 aliphatic carbocycles. The summed E-state index contributed by atoms with van der Waals surface area (Å²) in [6.07, 6.45) is -5.59. The molecule has 0 radical (unpaired) electrons. The van der Waals surface area contributed by atoms with Crippen LogP contribution in [-0.2, 0) is 20.5 Å². The molecule has 4 rings (SSSR count). The lowest BCUT2D eigenvalue weighted by molar-refractivity contribution is -0.138. The van der Waals surface area contributed by atoms with Crippen molar-refractivity contribution in [1.82, 2.24) is 0 Å². The van der Waals surface area contributed by atoms with Crippen LogP contribution < -0.4 is 4.90 Å². The fourth-order valence-corrected chi connectivity index (χ4v) is 5.14. The molecule has 2 unspecified atom stereocenters. The van der Waals surface area contributed by atoms with E-state index in [1.54, 1.807) is 13.8 Å². The lowest BCUT2D eigenvalue weighted by atomic mass is 9.67. The van der Waals surface area contributed by atoms with Crippen LogP contribution in [0.2, 0.25) is 0 Å². The molecule has 5 atom stereocenters. The van der Waals surface area contributed by atoms with Crippen LogP contribution in [0.4, 0.5) is 24.5 Å². The minimum absolute atomic E-state index is 0.168. The fraction of sp³-hybridized carbons (Fsp3) is 0.526. The number of alkyl halides is 3. The molecule has 1 aromatic rings. The fourth-order valence-electron chi connectivity index (χ4n) is 5.14. The lowest BCUT2D eigenvalue weighted by Crippen LogP contribution is -2.49. The van der Waals surface area contributed by atoms with Gasteiger partial charge in [0.05, 0.1) is 41.4 Å². The van der Waals surface area contributed by atoms with Crippen molar-refractivity contribution in [3.8, 4) is 0 Å². The minimum atomic E-state index is -4.81. The summed E-state index contributed by atoms with van der Waals surface area (Å²) < 4.78 is 46.4. The second-order valence-electron chi connectivity index (χ2n) is 8.00. The van der Waals surface area contributed by atoms with Crippen molar-refractivity contribution in [1.29, 1.82) is 0 Å². The first kappa shape index (κ1) is 18.9. The number of aliphatic hydroxyl groups excluding tert-OH is 1. The summed E-state index contributed by atoms with van der Waals surface area (Å²) in [6.45, 7) is 11.3. The molecule has 2 bridgehead atoms. The monoisotopic (exact) mass is 394 g/mol. The highest BCUT2D eigenvalue weighted by Gasteiger charge is 2.75. The van der Waals surface area contributed by atoms with Gasteiger partial charge < -0.3 is 9.84 Å². The summed E-state index contributed by atoms with van der Waals surface area (Å²) in [5.41, 5.74) is -4.62. The Balaban J connectivity index is 1.86. The average Bonchev–Trinajstić information content (AvgIpc) is 3.08. The Hall–Kier alpha value is -2.44. The molecular formula is C19H17F3N2O4. The number of nitrogens with zero attached hydrogens (tertiary/aromatic N) is 2. The summed E-state index contributed by atoms with van der Waals surface area (Å²) in [5.74, 6) is -3.17. The Morgan fingerprint density at radius 2 is 1.86 bits per heavy atom. The number of aliphatic hydroxyl groups is 1. The Kier molecular flexibility index (Phi) is 3.60. The van der Waals surface area contributed by atoms with Crippen molar-refractivity contribution < 1.29 is 32.6 Å². The number of hydrogen-bond acceptors (Lipinski definition) is 4. The van der Waals surface area contributed by atoms with Crippen molar-refractivity contribution in [3.05, 3.63) is 34.7 Å². The first-order chi connectivity index (χ1) is 12.9. The van der Waals surface area contributed by atoms with E-state index >= 15 is 0 Å². The average molecular weight is 394 g/mol. The third kappa shape index (κ3) is 2.10. The smallest absolute Gasteiger partial charge is 0.390 e. The zero-order valence-electron chi connectivity index (χ0n) is 15.3. The van der Waals surface area contributed by atoms with Gasteiger partial charge in [-0.25, -0.2) is 9.74 Å². The molecule has 3 aliphatic rings. The number of imide groups is 1. The number of amides is 2. The molecule has 3 aliphatic heterocycles. The van der Waals surface area contributed by atoms with E-state index in [0.717, 1.165) is 17.9 Å². The molecule has 0 spiro atoms. The summed E-state index contributed by atoms with van der Waals surface area (Å²) in [4.78, 5) is 29.9. The van der Waals surface area contributed by atoms with Gasteiger partial charge in [0.25, 0.3) is 0 Å². The molecule has 3 fully saturated rings. The van der Waals surface area contributed by atoms with E-state index in [0.29, 0.717) is 0 Å². The van der Waals surface area contributed by atoms with Gasteiger partial charge in [0, 0.05) is 6.42 Å². The SMILES string of the molecule is [C-]#[N+]c1ccc(N2C(=O)[C@@H]3[C@H](C2=O)C2(C)C[C@H](O)C3(C)O2)c(C)c1C(F)(F)F. The molecule has 3 saturated heterocycles. The molecular weight excluding hydrogens is 377 g/mol. The summed E-state index contributed by atoms with van der Waals surface area (Å²) in [5, 5.41) is 10.3. The Morgan fingerprint density at radius 1 is 1.25 bits per heavy atom. The largest absolute Gasteiger partial charge is 0.407 e. The number of carbonyl (C=O) groups is 2. The van der Waals surface area contributed by atoms with Gasteiger partial charge in [-0.1, -0.05) is 6.07 Å². The van der Waals surface area contributed by atoms with Gasteiger partial charge in [-0.3, -0.25) is 9.59 Å². The van der Waals surface area contributed by atoms with Gasteiger partial charge in [0.1, 0.15) is 5.60 Å². The molecule has 6 nitrogen and oxygen atoms in total. The van der Waals surface area contributed by atoms with E-state index in [9.17, 15) is 27.9 Å². The van der Waals surface area contributed by atoms with Crippen LogP contribution in [0.25, 0.3) is 4.85 Å². The highest BCUT2D eigenvalue weighted by molar-refractivity contribution is 6.23. The summed E-state index contributed by atoms with van der Waals surface area (Å²) in [6, 6.07) is 2.16. The van der Waals surface area contributed by atoms with Gasteiger partial charge >= 0.3 is 6.18 Å². The number of fused-ring (bicyclic) bond motifs is 5. The third-order valence-corrected chi connectivity index (χ3v) is 6.35. The molecule has 9 heteroatoms. The van der Waals surface area contributed by atoms with E-state index in [1.165, 1.54) is 6.07 Å². The van der Waals surface area contributed by atoms with Crippen molar-refractivity contribution in [3.63, 3.8) is 0 Å². The Labute approximate surface area is 158 Å². The van der Waals surface area contributed by atoms with Crippen LogP contribution in [0.15, 0.2) is 12.1 Å². The number of ether oxygens (including phenoxy) is 1. The third-order valence-electron chi connectivity index (χ3n) is 6.35. The highest BCUT2D eigenvalue weighted by Crippen LogP contribution is 2.61. The maximum atomic E-state index is 13.5. The van der Waals surface area contributed by atoms with Gasteiger partial charge in [-0.2, -0.15) is 13.2 Å². The van der Waals surface area contributed by atoms with Gasteiger partial charge in [-0.15, -0.1) is 0 Å². The second kappa shape index (κ2) is 5.33. The summed E-state index contributed by atoms with van der Waals surface area (Å²) >= 11 is 0. The molecule has 2 amide bonds. The number of anilines is 1. The maximum absolute atomic E-state index is 13.5. The Morgan fingerprint density at radius 3 is 2.43 bits per heavy atom. The van der Waals surface area contributed by atoms with Gasteiger partial charge in [0.2, 0.25) is 11.8 Å². The predicted octanol–water partition coefficient (Wildman–Crippen LogP) is 2.98. The van der Waals surface area contributed by atoms with Crippen LogP contribution in [0, 0.1) is 25.3 Å². The Bertz CT molecular complexity index is 969. The molecule has 28 heavy (non-hydrogen) atoms. The summed E-state index contributed by atoms with van der Waals surface area (Å²) in [7, 11) is 0. The molecule has 1 N–H and O–H groups in total. The number of carbonyl (C=O) groups excluding carboxylic acids is 2. The van der Waals surface area contributed by atoms with Crippen LogP contribution in [-0.4, -0.2) is 34.2 Å². The van der Waals surface area contributed by atoms with Crippen molar-refractivity contribution in [2.45, 2.75) is 50.7 Å². The first-order valence-electron chi connectivity index (χ1n) is 8.71. The van der Waals surface area contributed by atoms with E-state index < -0.39 is 58.4 Å². The van der Waals surface area contributed by atoms with Gasteiger partial charge in [-0.05, 0) is 32.4 Å². The van der Waals surface area contributed by atoms with Crippen molar-refractivity contribution >= 4 is 23.2 Å². The maximum Gasteiger partial charge on any atom is 0.407 e. The quantitative estimate of drug-likeness (QED) is 0.587. The van der Waals surface area contributed by atoms with E-state index in [2.05, 4.69) is 4.85 Å². The molecule has 148 valence electrons. The van der Waals surface area contributed by atoms with Crippen LogP contribution >= 0.6 is 0 Å². The van der Waals surface area contributed by atoms with E-state index in [4.69, 9.17) is 11.3 Å². The van der Waals surface area contributed by atoms with Gasteiger partial charge in [0.15, 0.2) is 5.69 Å². The predicted molar refractivity (Wildman–Crippen MR) is 90.4 cm³/mol. The number of hydrogen-bond donors (Lipinski definition) is 1. The van der Waals surface area contributed by atoms with Crippen molar-refractivity contribution in [2.75, 3.05) is 4.90 Å². The standard InChI is InChI=1S/C19H17F3N2O4/c1-8-10(6-5-9(23-4)12(8)19(20,21)22)24-15(26)13-14(16(24)27)18(3)11(25)7-17(13,2)28-18/h5-6,11,13-14,25H,7H2,1-3H3/t11-,13+,14-,17?,18?/m0/s1. The first-order valence-corrected chi connectivity index (χ1v) is 8.71. The number of benzene rings is 1. The minimum Gasteiger partial charge on any atom is -0.390 e. The second-order valence-corrected chi connectivity index (χ2v) is 8.00. The van der Waals surface area contributed by atoms with Crippen molar-refractivity contribution in [2.24, 2.45) is 11.8 Å². The topological polar surface area (TPSA) is 71.2 Å². The van der Waals surface area contributed by atoms with Crippen LogP contribution in [0.3, 0.4) is 0 Å². The van der Waals surface area contributed by atoms with E-state index in [1.807, 2.05) is 0 Å². The molecule has 1 aromatic carbocycles. The van der Waals surface area contributed by atoms with Crippen LogP contribution in [0.5, 0.6) is 0 Å². The van der Waals surface area contributed by atoms with E-state index in [-0.39, 0.29) is 17.7 Å². The molecule has 3 heterocycles. The van der Waals surface area contributed by atoms with Crippen LogP contribution in [0.1, 0.15) is 31.4 Å². The lowest BCUT2D eigenvalue weighted by Gasteiger charge is -2.31. The molecule has 0 saturated carbocycles. The normalized spacial score (nSPS) is 36.8. The molecule has 0 aromatic heterocycles.